The van der Waals surface area contributed by atoms with Crippen LogP contribution in [0.25, 0.3) is 82.4 Å². The number of aromatic nitrogens is 2. The van der Waals surface area contributed by atoms with Crippen LogP contribution in [0.15, 0.2) is 170 Å². The molecular weight excluding hydrogens is 544 g/mol. The second-order valence-corrected chi connectivity index (χ2v) is 11.7. The van der Waals surface area contributed by atoms with Crippen molar-refractivity contribution in [1.29, 1.82) is 0 Å². The molecule has 210 valence electrons. The van der Waals surface area contributed by atoms with Gasteiger partial charge in [0.05, 0.1) is 11.0 Å². The zero-order valence-electron chi connectivity index (χ0n) is 24.6. The molecule has 9 rings (SSSR count). The van der Waals surface area contributed by atoms with Gasteiger partial charge in [-0.1, -0.05) is 121 Å². The van der Waals surface area contributed by atoms with Crippen LogP contribution in [0.1, 0.15) is 0 Å². The highest BCUT2D eigenvalue weighted by molar-refractivity contribution is 6.19. The molecule has 0 bridgehead atoms. The third-order valence-corrected chi connectivity index (χ3v) is 9.07. The Morgan fingerprint density at radius 3 is 1.73 bits per heavy atom. The highest BCUT2D eigenvalue weighted by Crippen LogP contribution is 2.40. The van der Waals surface area contributed by atoms with E-state index in [1.807, 2.05) is 12.4 Å². The lowest BCUT2D eigenvalue weighted by Gasteiger charge is -2.12. The zero-order chi connectivity index (χ0) is 29.7. The summed E-state index contributed by atoms with van der Waals surface area (Å²) in [6.45, 7) is 0. The molecule has 0 spiro atoms. The van der Waals surface area contributed by atoms with Crippen molar-refractivity contribution in [1.82, 2.24) is 9.55 Å². The topological polar surface area (TPSA) is 17.8 Å². The summed E-state index contributed by atoms with van der Waals surface area (Å²) >= 11 is 0. The van der Waals surface area contributed by atoms with E-state index < -0.39 is 0 Å². The lowest BCUT2D eigenvalue weighted by atomic mass is 9.97. The molecule has 2 heteroatoms. The SMILES string of the molecule is c1ccc(-c2ccc(-c3ccc4c(ccc5c6ccc(-c7ccncc7)cc6n(-c6ccc7ccccc7c6)c45)c3)cc2)cc1. The summed E-state index contributed by atoms with van der Waals surface area (Å²) < 4.78 is 2.46. The number of nitrogens with zero attached hydrogens (tertiary/aromatic N) is 2. The van der Waals surface area contributed by atoms with Crippen LogP contribution in [-0.4, -0.2) is 9.55 Å². The van der Waals surface area contributed by atoms with Crippen LogP contribution in [0, 0.1) is 0 Å². The van der Waals surface area contributed by atoms with Crippen molar-refractivity contribution in [3.8, 4) is 39.1 Å². The first-order chi connectivity index (χ1) is 22.3. The minimum Gasteiger partial charge on any atom is -0.309 e. The highest BCUT2D eigenvalue weighted by atomic mass is 15.0. The minimum absolute atomic E-state index is 1.16. The Hall–Kier alpha value is -5.99. The molecule has 0 aliphatic rings. The Morgan fingerprint density at radius 1 is 0.356 bits per heavy atom. The number of benzene rings is 7. The van der Waals surface area contributed by atoms with Gasteiger partial charge in [-0.2, -0.15) is 0 Å². The Morgan fingerprint density at radius 2 is 0.933 bits per heavy atom. The van der Waals surface area contributed by atoms with E-state index in [2.05, 4.69) is 167 Å². The van der Waals surface area contributed by atoms with Crippen LogP contribution in [-0.2, 0) is 0 Å². The monoisotopic (exact) mass is 572 g/mol. The van der Waals surface area contributed by atoms with Crippen molar-refractivity contribution >= 4 is 43.4 Å². The first-order valence-corrected chi connectivity index (χ1v) is 15.4. The molecule has 45 heavy (non-hydrogen) atoms. The van der Waals surface area contributed by atoms with Crippen LogP contribution < -0.4 is 0 Å². The summed E-state index contributed by atoms with van der Waals surface area (Å²) in [6.07, 6.45) is 3.72. The fourth-order valence-electron chi connectivity index (χ4n) is 6.81. The van der Waals surface area contributed by atoms with Crippen LogP contribution in [0.4, 0.5) is 0 Å². The molecule has 0 atom stereocenters. The second-order valence-electron chi connectivity index (χ2n) is 11.7. The number of rotatable bonds is 4. The number of pyridine rings is 1. The van der Waals surface area contributed by atoms with Crippen molar-refractivity contribution in [3.05, 3.63) is 170 Å². The molecule has 2 heterocycles. The van der Waals surface area contributed by atoms with Gasteiger partial charge in [-0.3, -0.25) is 4.98 Å². The molecule has 0 N–H and O–H groups in total. The molecule has 0 fully saturated rings. The Kier molecular flexibility index (Phi) is 5.85. The van der Waals surface area contributed by atoms with Crippen LogP contribution in [0.3, 0.4) is 0 Å². The van der Waals surface area contributed by atoms with E-state index in [9.17, 15) is 0 Å². The lowest BCUT2D eigenvalue weighted by Crippen LogP contribution is -1.95. The van der Waals surface area contributed by atoms with Gasteiger partial charge in [0.15, 0.2) is 0 Å². The molecule has 2 aromatic heterocycles. The van der Waals surface area contributed by atoms with Crippen molar-refractivity contribution in [2.45, 2.75) is 0 Å². The van der Waals surface area contributed by atoms with Crippen molar-refractivity contribution in [2.24, 2.45) is 0 Å². The second kappa shape index (κ2) is 10.3. The standard InChI is InChI=1S/C43H28N2/c1-2-6-29(7-3-1)31-10-12-32(13-11-31)35-15-19-39-37(26-35)17-21-41-40-20-16-36(33-22-24-44-25-23-33)28-42(40)45(43(39)41)38-18-14-30-8-4-5-9-34(30)27-38/h1-28H. The predicted molar refractivity (Wildman–Crippen MR) is 190 cm³/mol. The summed E-state index contributed by atoms with van der Waals surface area (Å²) in [6, 6.07) is 57.3. The van der Waals surface area contributed by atoms with Crippen molar-refractivity contribution in [2.75, 3.05) is 0 Å². The fraction of sp³-hybridized carbons (Fsp3) is 0. The summed E-state index contributed by atoms with van der Waals surface area (Å²) in [5.74, 6) is 0. The van der Waals surface area contributed by atoms with E-state index in [4.69, 9.17) is 0 Å². The van der Waals surface area contributed by atoms with Crippen molar-refractivity contribution in [3.63, 3.8) is 0 Å². The third-order valence-electron chi connectivity index (χ3n) is 9.07. The van der Waals surface area contributed by atoms with Crippen LogP contribution in [0.5, 0.6) is 0 Å². The number of fused-ring (bicyclic) bond motifs is 6. The van der Waals surface area contributed by atoms with Crippen LogP contribution >= 0.6 is 0 Å². The normalized spacial score (nSPS) is 11.6. The molecule has 0 radical (unpaired) electrons. The maximum Gasteiger partial charge on any atom is 0.0619 e. The molecule has 0 saturated carbocycles. The molecule has 0 saturated heterocycles. The van der Waals surface area contributed by atoms with E-state index in [0.717, 1.165) is 11.3 Å². The van der Waals surface area contributed by atoms with Gasteiger partial charge in [0.2, 0.25) is 0 Å². The number of hydrogen-bond acceptors (Lipinski definition) is 1. The molecule has 2 nitrogen and oxygen atoms in total. The van der Waals surface area contributed by atoms with Gasteiger partial charge >= 0.3 is 0 Å². The van der Waals surface area contributed by atoms with Gasteiger partial charge in [-0.25, -0.2) is 0 Å². The Balaban J connectivity index is 1.26. The van der Waals surface area contributed by atoms with Crippen LogP contribution in [0.2, 0.25) is 0 Å². The van der Waals surface area contributed by atoms with Gasteiger partial charge in [0, 0.05) is 34.2 Å². The molecule has 0 aliphatic carbocycles. The lowest BCUT2D eigenvalue weighted by molar-refractivity contribution is 1.19. The largest absolute Gasteiger partial charge is 0.309 e. The summed E-state index contributed by atoms with van der Waals surface area (Å²) in [5.41, 5.74) is 10.8. The maximum atomic E-state index is 4.24. The van der Waals surface area contributed by atoms with Gasteiger partial charge < -0.3 is 4.57 Å². The van der Waals surface area contributed by atoms with E-state index in [1.165, 1.54) is 71.2 Å². The Bertz CT molecular complexity index is 2510. The molecule has 7 aromatic carbocycles. The summed E-state index contributed by atoms with van der Waals surface area (Å²) in [4.78, 5) is 4.24. The molecule has 9 aromatic rings. The predicted octanol–water partition coefficient (Wildman–Crippen LogP) is 11.5. The smallest absolute Gasteiger partial charge is 0.0619 e. The van der Waals surface area contributed by atoms with E-state index in [-0.39, 0.29) is 0 Å². The molecular formula is C43H28N2. The molecule has 0 aliphatic heterocycles. The quantitative estimate of drug-likeness (QED) is 0.205. The summed E-state index contributed by atoms with van der Waals surface area (Å²) in [7, 11) is 0. The van der Waals surface area contributed by atoms with Gasteiger partial charge in [-0.15, -0.1) is 0 Å². The van der Waals surface area contributed by atoms with Gasteiger partial charge in [0.25, 0.3) is 0 Å². The van der Waals surface area contributed by atoms with E-state index >= 15 is 0 Å². The van der Waals surface area contributed by atoms with Gasteiger partial charge in [0.1, 0.15) is 0 Å². The highest BCUT2D eigenvalue weighted by Gasteiger charge is 2.17. The van der Waals surface area contributed by atoms with E-state index in [1.54, 1.807) is 0 Å². The Labute approximate surface area is 261 Å². The first kappa shape index (κ1) is 25.5. The first-order valence-electron chi connectivity index (χ1n) is 15.4. The van der Waals surface area contributed by atoms with Crippen molar-refractivity contribution < 1.29 is 0 Å². The zero-order valence-corrected chi connectivity index (χ0v) is 24.6. The maximum absolute atomic E-state index is 4.24. The number of hydrogen-bond donors (Lipinski definition) is 0. The minimum atomic E-state index is 1.16. The molecule has 0 amide bonds. The summed E-state index contributed by atoms with van der Waals surface area (Å²) in [5, 5.41) is 7.45. The fourth-order valence-corrected chi connectivity index (χ4v) is 6.81. The average Bonchev–Trinajstić information content (AvgIpc) is 3.46. The average molecular weight is 573 g/mol. The third kappa shape index (κ3) is 4.30. The molecule has 0 unspecified atom stereocenters. The van der Waals surface area contributed by atoms with E-state index in [0.29, 0.717) is 0 Å². The van der Waals surface area contributed by atoms with Gasteiger partial charge in [-0.05, 0) is 85.9 Å².